The number of rotatable bonds is 7. The molecule has 0 aliphatic rings. The molecule has 1 N–H and O–H groups in total. The highest BCUT2D eigenvalue weighted by Gasteiger charge is 2.10. The van der Waals surface area contributed by atoms with Gasteiger partial charge in [0.1, 0.15) is 6.61 Å². The van der Waals surface area contributed by atoms with Crippen molar-refractivity contribution in [1.29, 1.82) is 0 Å². The highest BCUT2D eigenvalue weighted by Crippen LogP contribution is 2.07. The van der Waals surface area contributed by atoms with Crippen molar-refractivity contribution in [3.63, 3.8) is 0 Å². The van der Waals surface area contributed by atoms with Crippen LogP contribution in [0.3, 0.4) is 0 Å². The monoisotopic (exact) mass is 306 g/mol. The van der Waals surface area contributed by atoms with Crippen molar-refractivity contribution < 1.29 is 5.11 Å². The normalized spacial score (nSPS) is 11.2. The lowest BCUT2D eigenvalue weighted by Crippen LogP contribution is -2.22. The zero-order valence-electron chi connectivity index (χ0n) is 12.6. The van der Waals surface area contributed by atoms with Crippen LogP contribution in [-0.2, 0) is 26.4 Å². The summed E-state index contributed by atoms with van der Waals surface area (Å²) in [6, 6.07) is 10.3. The summed E-state index contributed by atoms with van der Waals surface area (Å²) in [6.07, 6.45) is 0.965. The number of aliphatic hydroxyl groups is 1. The molecule has 0 unspecified atom stereocenters. The second-order valence-electron chi connectivity index (χ2n) is 5.15. The molecule has 2 rings (SSSR count). The van der Waals surface area contributed by atoms with E-state index in [1.807, 2.05) is 29.8 Å². The zero-order chi connectivity index (χ0) is 15.2. The Hall–Kier alpha value is -1.50. The minimum absolute atomic E-state index is 0.0843. The molecule has 0 amide bonds. The van der Waals surface area contributed by atoms with Gasteiger partial charge in [-0.1, -0.05) is 37.3 Å². The lowest BCUT2D eigenvalue weighted by molar-refractivity contribution is 0.238. The van der Waals surface area contributed by atoms with Crippen LogP contribution in [0, 0.1) is 4.77 Å². The summed E-state index contributed by atoms with van der Waals surface area (Å²) < 4.78 is 4.35. The summed E-state index contributed by atoms with van der Waals surface area (Å²) in [5, 5.41) is 13.8. The van der Waals surface area contributed by atoms with Crippen LogP contribution in [0.4, 0.5) is 0 Å². The van der Waals surface area contributed by atoms with Crippen LogP contribution in [-0.4, -0.2) is 31.4 Å². The molecule has 114 valence electrons. The Morgan fingerprint density at radius 2 is 2.00 bits per heavy atom. The van der Waals surface area contributed by atoms with Crippen LogP contribution in [0.1, 0.15) is 24.7 Å². The molecule has 0 aliphatic heterocycles. The first-order chi connectivity index (χ1) is 10.2. The van der Waals surface area contributed by atoms with Gasteiger partial charge in [0, 0.05) is 13.1 Å². The summed E-state index contributed by atoms with van der Waals surface area (Å²) in [5.74, 6) is 0.634. The number of aliphatic hydroxyl groups excluding tert-OH is 1. The number of aromatic nitrogens is 3. The van der Waals surface area contributed by atoms with Crippen molar-refractivity contribution in [3.05, 3.63) is 46.5 Å². The van der Waals surface area contributed by atoms with Gasteiger partial charge in [-0.15, -0.1) is 0 Å². The van der Waals surface area contributed by atoms with E-state index in [2.05, 4.69) is 29.1 Å². The maximum Gasteiger partial charge on any atom is 0.199 e. The van der Waals surface area contributed by atoms with Gasteiger partial charge in [-0.2, -0.15) is 5.10 Å². The topological polar surface area (TPSA) is 46.2 Å². The highest BCUT2D eigenvalue weighted by molar-refractivity contribution is 7.71. The van der Waals surface area contributed by atoms with E-state index < -0.39 is 0 Å². The quantitative estimate of drug-likeness (QED) is 0.798. The van der Waals surface area contributed by atoms with E-state index >= 15 is 0 Å². The molecule has 6 heteroatoms. The molecule has 0 bridgehead atoms. The Morgan fingerprint density at radius 1 is 1.29 bits per heavy atom. The summed E-state index contributed by atoms with van der Waals surface area (Å²) in [5.41, 5.74) is 1.25. The first kappa shape index (κ1) is 15.9. The molecule has 0 fully saturated rings. The average Bonchev–Trinajstić information content (AvgIpc) is 2.77. The minimum atomic E-state index is -0.0843. The van der Waals surface area contributed by atoms with Crippen LogP contribution in [0.2, 0.25) is 0 Å². The van der Waals surface area contributed by atoms with Crippen LogP contribution in [0.15, 0.2) is 30.3 Å². The molecule has 0 aliphatic carbocycles. The molecule has 2 aromatic rings. The van der Waals surface area contributed by atoms with Gasteiger partial charge in [0.25, 0.3) is 0 Å². The minimum Gasteiger partial charge on any atom is -0.388 e. The lowest BCUT2D eigenvalue weighted by Gasteiger charge is -2.16. The van der Waals surface area contributed by atoms with Crippen molar-refractivity contribution >= 4 is 12.2 Å². The number of hydrogen-bond donors (Lipinski definition) is 1. The standard InChI is InChI=1S/C15H22N4OS/c1-3-9-18-14(11-20)16-19(15(18)21)12-17(2)10-13-7-5-4-6-8-13/h4-8,20H,3,9-12H2,1-2H3. The van der Waals surface area contributed by atoms with E-state index in [4.69, 9.17) is 12.2 Å². The van der Waals surface area contributed by atoms with E-state index in [0.717, 1.165) is 19.5 Å². The van der Waals surface area contributed by atoms with Gasteiger partial charge in [0.15, 0.2) is 10.6 Å². The molecular formula is C15H22N4OS. The third kappa shape index (κ3) is 4.00. The van der Waals surface area contributed by atoms with Crippen molar-refractivity contribution in [2.24, 2.45) is 0 Å². The molecular weight excluding hydrogens is 284 g/mol. The molecule has 21 heavy (non-hydrogen) atoms. The Morgan fingerprint density at radius 3 is 2.62 bits per heavy atom. The molecule has 0 saturated carbocycles. The summed E-state index contributed by atoms with van der Waals surface area (Å²) >= 11 is 5.45. The summed E-state index contributed by atoms with van der Waals surface area (Å²) in [4.78, 5) is 2.15. The van der Waals surface area contributed by atoms with Crippen molar-refractivity contribution in [3.8, 4) is 0 Å². The maximum absolute atomic E-state index is 9.40. The predicted molar refractivity (Wildman–Crippen MR) is 85.2 cm³/mol. The number of benzene rings is 1. The second kappa shape index (κ2) is 7.49. The van der Waals surface area contributed by atoms with Gasteiger partial charge in [-0.25, -0.2) is 4.68 Å². The van der Waals surface area contributed by atoms with E-state index in [9.17, 15) is 5.11 Å². The average molecular weight is 306 g/mol. The largest absolute Gasteiger partial charge is 0.388 e. The SMILES string of the molecule is CCCn1c(CO)nn(CN(C)Cc2ccccc2)c1=S. The summed E-state index contributed by atoms with van der Waals surface area (Å²) in [7, 11) is 2.03. The number of nitrogens with zero attached hydrogens (tertiary/aromatic N) is 4. The van der Waals surface area contributed by atoms with E-state index in [1.54, 1.807) is 4.68 Å². The Kier molecular flexibility index (Phi) is 5.67. The van der Waals surface area contributed by atoms with Crippen LogP contribution in [0.25, 0.3) is 0 Å². The fourth-order valence-electron chi connectivity index (χ4n) is 2.32. The van der Waals surface area contributed by atoms with Gasteiger partial charge >= 0.3 is 0 Å². The van der Waals surface area contributed by atoms with Gasteiger partial charge in [0.2, 0.25) is 0 Å². The fraction of sp³-hybridized carbons (Fsp3) is 0.467. The summed E-state index contributed by atoms with van der Waals surface area (Å²) in [6.45, 7) is 4.23. The van der Waals surface area contributed by atoms with E-state index in [0.29, 0.717) is 17.3 Å². The van der Waals surface area contributed by atoms with Crippen LogP contribution in [0.5, 0.6) is 0 Å². The molecule has 0 saturated heterocycles. The first-order valence-electron chi connectivity index (χ1n) is 7.15. The maximum atomic E-state index is 9.40. The van der Waals surface area contributed by atoms with Gasteiger partial charge in [0.05, 0.1) is 6.67 Å². The number of hydrogen-bond acceptors (Lipinski definition) is 4. The Balaban J connectivity index is 2.10. The van der Waals surface area contributed by atoms with Gasteiger partial charge in [-0.3, -0.25) is 4.90 Å². The highest BCUT2D eigenvalue weighted by atomic mass is 32.1. The Labute approximate surface area is 130 Å². The van der Waals surface area contributed by atoms with Crippen molar-refractivity contribution in [2.45, 2.75) is 39.7 Å². The van der Waals surface area contributed by atoms with Crippen molar-refractivity contribution in [2.75, 3.05) is 7.05 Å². The smallest absolute Gasteiger partial charge is 0.199 e. The second-order valence-corrected chi connectivity index (χ2v) is 5.51. The first-order valence-corrected chi connectivity index (χ1v) is 7.56. The van der Waals surface area contributed by atoms with Gasteiger partial charge in [-0.05, 0) is 31.2 Å². The molecule has 1 aromatic carbocycles. The Bertz CT molecular complexity index is 620. The van der Waals surface area contributed by atoms with Crippen molar-refractivity contribution in [1.82, 2.24) is 19.2 Å². The predicted octanol–water partition coefficient (Wildman–Crippen LogP) is 2.41. The lowest BCUT2D eigenvalue weighted by atomic mass is 10.2. The van der Waals surface area contributed by atoms with Gasteiger partial charge < -0.3 is 9.67 Å². The third-order valence-corrected chi connectivity index (χ3v) is 3.69. The van der Waals surface area contributed by atoms with E-state index in [-0.39, 0.29) is 6.61 Å². The molecule has 0 spiro atoms. The van der Waals surface area contributed by atoms with E-state index in [1.165, 1.54) is 5.56 Å². The van der Waals surface area contributed by atoms with Crippen LogP contribution < -0.4 is 0 Å². The van der Waals surface area contributed by atoms with Crippen LogP contribution >= 0.6 is 12.2 Å². The zero-order valence-corrected chi connectivity index (χ0v) is 13.4. The molecule has 0 radical (unpaired) electrons. The molecule has 5 nitrogen and oxygen atoms in total. The fourth-order valence-corrected chi connectivity index (χ4v) is 2.61. The molecule has 1 heterocycles. The third-order valence-electron chi connectivity index (χ3n) is 3.26. The molecule has 1 aromatic heterocycles. The molecule has 0 atom stereocenters.